The maximum atomic E-state index is 12.2. The first-order valence-electron chi connectivity index (χ1n) is 5.49. The second-order valence-electron chi connectivity index (χ2n) is 4.19. The lowest BCUT2D eigenvalue weighted by molar-refractivity contribution is 0.103. The van der Waals surface area contributed by atoms with Gasteiger partial charge in [-0.05, 0) is 42.8 Å². The fraction of sp³-hybridized carbons (Fsp3) is 0.0714. The molecule has 2 aromatic carbocycles. The van der Waals surface area contributed by atoms with Crippen LogP contribution in [0.25, 0.3) is 0 Å². The molecule has 2 aromatic rings. The number of benzene rings is 2. The highest BCUT2D eigenvalue weighted by molar-refractivity contribution is 6.10. The van der Waals surface area contributed by atoms with Gasteiger partial charge in [-0.25, -0.2) is 0 Å². The number of rotatable bonds is 2. The van der Waals surface area contributed by atoms with Gasteiger partial charge in [-0.15, -0.1) is 0 Å². The Balaban J connectivity index is 2.50. The highest BCUT2D eigenvalue weighted by Gasteiger charge is 2.16. The van der Waals surface area contributed by atoms with Crippen molar-refractivity contribution in [2.45, 2.75) is 6.92 Å². The summed E-state index contributed by atoms with van der Waals surface area (Å²) in [5.41, 5.74) is 0.945. The average Bonchev–Trinajstić information content (AvgIpc) is 2.34. The second-order valence-corrected chi connectivity index (χ2v) is 4.19. The van der Waals surface area contributed by atoms with Crippen molar-refractivity contribution in [2.24, 2.45) is 0 Å². The van der Waals surface area contributed by atoms with Gasteiger partial charge in [0.2, 0.25) is 0 Å². The molecule has 0 aliphatic rings. The largest absolute Gasteiger partial charge is 0.508 e. The van der Waals surface area contributed by atoms with Gasteiger partial charge in [-0.2, -0.15) is 0 Å². The van der Waals surface area contributed by atoms with Crippen LogP contribution in [-0.4, -0.2) is 26.2 Å². The molecule has 0 amide bonds. The van der Waals surface area contributed by atoms with Crippen LogP contribution in [0.2, 0.25) is 0 Å². The third-order valence-electron chi connectivity index (χ3n) is 2.79. The minimum absolute atomic E-state index is 0.0431. The lowest BCUT2D eigenvalue weighted by Crippen LogP contribution is -2.03. The summed E-state index contributed by atoms with van der Waals surface area (Å²) in [6, 6.07) is 6.41. The molecule has 0 fully saturated rings. The Morgan fingerprint density at radius 3 is 2.05 bits per heavy atom. The maximum absolute atomic E-state index is 12.2. The SMILES string of the molecule is Cc1cc(O)ccc1C(=O)c1cc(O)c(O)c(O)c1. The number of aryl methyl sites for hydroxylation is 1. The smallest absolute Gasteiger partial charge is 0.200 e. The second kappa shape index (κ2) is 4.53. The molecule has 0 aliphatic heterocycles. The first-order chi connectivity index (χ1) is 8.90. The summed E-state index contributed by atoms with van der Waals surface area (Å²) in [5, 5.41) is 37.3. The molecule has 19 heavy (non-hydrogen) atoms. The van der Waals surface area contributed by atoms with E-state index < -0.39 is 23.0 Å². The van der Waals surface area contributed by atoms with Gasteiger partial charge < -0.3 is 20.4 Å². The molecule has 98 valence electrons. The van der Waals surface area contributed by atoms with Crippen LogP contribution in [0.4, 0.5) is 0 Å². The van der Waals surface area contributed by atoms with Crippen molar-refractivity contribution in [1.82, 2.24) is 0 Å². The lowest BCUT2D eigenvalue weighted by atomic mass is 9.98. The minimum Gasteiger partial charge on any atom is -0.508 e. The Bertz CT molecular complexity index is 638. The summed E-state index contributed by atoms with van der Waals surface area (Å²) in [7, 11) is 0. The minimum atomic E-state index is -0.668. The van der Waals surface area contributed by atoms with Crippen LogP contribution < -0.4 is 0 Å². The van der Waals surface area contributed by atoms with Crippen LogP contribution >= 0.6 is 0 Å². The van der Waals surface area contributed by atoms with E-state index in [9.17, 15) is 25.2 Å². The number of aromatic hydroxyl groups is 4. The van der Waals surface area contributed by atoms with Gasteiger partial charge >= 0.3 is 0 Å². The van der Waals surface area contributed by atoms with Gasteiger partial charge in [-0.3, -0.25) is 4.79 Å². The first-order valence-corrected chi connectivity index (χ1v) is 5.49. The monoisotopic (exact) mass is 260 g/mol. The van der Waals surface area contributed by atoms with E-state index in [4.69, 9.17) is 0 Å². The molecule has 0 bridgehead atoms. The van der Waals surface area contributed by atoms with Crippen LogP contribution in [0.15, 0.2) is 30.3 Å². The molecule has 0 radical (unpaired) electrons. The van der Waals surface area contributed by atoms with E-state index >= 15 is 0 Å². The molecular formula is C14H12O5. The van der Waals surface area contributed by atoms with Crippen molar-refractivity contribution in [3.05, 3.63) is 47.0 Å². The van der Waals surface area contributed by atoms with Gasteiger partial charge in [0.1, 0.15) is 5.75 Å². The number of phenolic OH excluding ortho intramolecular Hbond substituents is 4. The van der Waals surface area contributed by atoms with E-state index in [0.717, 1.165) is 12.1 Å². The van der Waals surface area contributed by atoms with Gasteiger partial charge in [0, 0.05) is 11.1 Å². The van der Waals surface area contributed by atoms with Gasteiger partial charge in [0.05, 0.1) is 0 Å². The zero-order chi connectivity index (χ0) is 14.2. The Morgan fingerprint density at radius 1 is 0.947 bits per heavy atom. The van der Waals surface area contributed by atoms with Crippen molar-refractivity contribution in [3.63, 3.8) is 0 Å². The Hall–Kier alpha value is -2.69. The average molecular weight is 260 g/mol. The quantitative estimate of drug-likeness (QED) is 0.489. The summed E-state index contributed by atoms with van der Waals surface area (Å²) in [6.45, 7) is 1.66. The molecule has 5 nitrogen and oxygen atoms in total. The van der Waals surface area contributed by atoms with Gasteiger partial charge in [-0.1, -0.05) is 0 Å². The Morgan fingerprint density at radius 2 is 1.53 bits per heavy atom. The summed E-state index contributed by atoms with van der Waals surface area (Å²) in [4.78, 5) is 12.2. The molecule has 0 aliphatic carbocycles. The number of carbonyl (C=O) groups is 1. The summed E-state index contributed by atoms with van der Waals surface area (Å²) < 4.78 is 0. The number of phenols is 4. The molecule has 0 unspecified atom stereocenters. The van der Waals surface area contributed by atoms with Crippen LogP contribution in [0.5, 0.6) is 23.0 Å². The standard InChI is InChI=1S/C14H12O5/c1-7-4-9(15)2-3-10(7)13(18)8-5-11(16)14(19)12(17)6-8/h2-6,15-17,19H,1H3. The Kier molecular flexibility index (Phi) is 3.04. The predicted octanol–water partition coefficient (Wildman–Crippen LogP) is 2.05. The van der Waals surface area contributed by atoms with E-state index in [0.29, 0.717) is 11.1 Å². The van der Waals surface area contributed by atoms with E-state index in [1.54, 1.807) is 6.92 Å². The van der Waals surface area contributed by atoms with E-state index in [1.165, 1.54) is 18.2 Å². The zero-order valence-electron chi connectivity index (χ0n) is 10.1. The number of carbonyl (C=O) groups excluding carboxylic acids is 1. The molecule has 0 saturated heterocycles. The number of hydrogen-bond acceptors (Lipinski definition) is 5. The third kappa shape index (κ3) is 2.30. The molecule has 0 atom stereocenters. The fourth-order valence-corrected chi connectivity index (χ4v) is 1.79. The molecule has 4 N–H and O–H groups in total. The predicted molar refractivity (Wildman–Crippen MR) is 67.7 cm³/mol. The van der Waals surface area contributed by atoms with Crippen LogP contribution in [0, 0.1) is 6.92 Å². The molecule has 0 saturated carbocycles. The fourth-order valence-electron chi connectivity index (χ4n) is 1.79. The highest BCUT2D eigenvalue weighted by atomic mass is 16.3. The molecular weight excluding hydrogens is 248 g/mol. The zero-order valence-corrected chi connectivity index (χ0v) is 10.1. The van der Waals surface area contributed by atoms with Gasteiger partial charge in [0.25, 0.3) is 0 Å². The van der Waals surface area contributed by atoms with Crippen molar-refractivity contribution in [1.29, 1.82) is 0 Å². The third-order valence-corrected chi connectivity index (χ3v) is 2.79. The lowest BCUT2D eigenvalue weighted by Gasteiger charge is -2.08. The van der Waals surface area contributed by atoms with Crippen molar-refractivity contribution < 1.29 is 25.2 Å². The Labute approximate surface area is 109 Å². The topological polar surface area (TPSA) is 98.0 Å². The maximum Gasteiger partial charge on any atom is 0.200 e. The molecule has 0 spiro atoms. The van der Waals surface area contributed by atoms with Crippen LogP contribution in [0.3, 0.4) is 0 Å². The van der Waals surface area contributed by atoms with Crippen molar-refractivity contribution >= 4 is 5.78 Å². The van der Waals surface area contributed by atoms with Crippen molar-refractivity contribution in [2.75, 3.05) is 0 Å². The summed E-state index contributed by atoms with van der Waals surface area (Å²) in [5.74, 6) is -2.19. The van der Waals surface area contributed by atoms with E-state index in [2.05, 4.69) is 0 Å². The van der Waals surface area contributed by atoms with E-state index in [-0.39, 0.29) is 11.3 Å². The van der Waals surface area contributed by atoms with E-state index in [1.807, 2.05) is 0 Å². The molecule has 2 rings (SSSR count). The first kappa shape index (κ1) is 12.8. The van der Waals surface area contributed by atoms with Crippen LogP contribution in [0.1, 0.15) is 21.5 Å². The van der Waals surface area contributed by atoms with Crippen LogP contribution in [-0.2, 0) is 0 Å². The highest BCUT2D eigenvalue weighted by Crippen LogP contribution is 2.36. The molecule has 5 heteroatoms. The normalized spacial score (nSPS) is 10.4. The van der Waals surface area contributed by atoms with Gasteiger partial charge in [0.15, 0.2) is 23.0 Å². The number of ketones is 1. The number of hydrogen-bond donors (Lipinski definition) is 4. The summed E-state index contributed by atoms with van der Waals surface area (Å²) in [6.07, 6.45) is 0. The summed E-state index contributed by atoms with van der Waals surface area (Å²) >= 11 is 0. The molecule has 0 aromatic heterocycles. The molecule has 0 heterocycles. The van der Waals surface area contributed by atoms with Crippen molar-refractivity contribution in [3.8, 4) is 23.0 Å².